The quantitative estimate of drug-likeness (QED) is 0.874. The Balaban J connectivity index is 2.25. The molecule has 1 unspecified atom stereocenters. The van der Waals surface area contributed by atoms with Crippen LogP contribution in [0.1, 0.15) is 25.8 Å². The number of aliphatic hydroxyl groups excluding tert-OH is 1. The van der Waals surface area contributed by atoms with Gasteiger partial charge in [0, 0.05) is 13.1 Å². The van der Waals surface area contributed by atoms with Crippen LogP contribution in [0.15, 0.2) is 18.2 Å². The molecule has 0 saturated carbocycles. The number of aliphatic hydroxyl groups is 1. The highest BCUT2D eigenvalue weighted by Crippen LogP contribution is 2.36. The van der Waals surface area contributed by atoms with E-state index >= 15 is 0 Å². The van der Waals surface area contributed by atoms with Gasteiger partial charge in [0.2, 0.25) is 0 Å². The lowest BCUT2D eigenvalue weighted by Gasteiger charge is -2.42. The molecular formula is C15H23NO2. The molecule has 100 valence electrons. The molecule has 0 spiro atoms. The fourth-order valence-corrected chi connectivity index (χ4v) is 2.40. The first-order valence-electron chi connectivity index (χ1n) is 6.52. The van der Waals surface area contributed by atoms with Gasteiger partial charge in [-0.2, -0.15) is 0 Å². The van der Waals surface area contributed by atoms with E-state index in [0.717, 1.165) is 24.4 Å². The normalized spacial score (nSPS) is 22.9. The maximum atomic E-state index is 10.2. The molecule has 0 bridgehead atoms. The molecular weight excluding hydrogens is 226 g/mol. The molecule has 0 aliphatic carbocycles. The first-order valence-corrected chi connectivity index (χ1v) is 6.52. The van der Waals surface area contributed by atoms with Gasteiger partial charge in [0.1, 0.15) is 5.75 Å². The second-order valence-corrected chi connectivity index (χ2v) is 5.88. The average Bonchev–Trinajstić information content (AvgIpc) is 2.33. The summed E-state index contributed by atoms with van der Waals surface area (Å²) in [6, 6.07) is 6.17. The summed E-state index contributed by atoms with van der Waals surface area (Å²) in [5.74, 6) is 0.882. The summed E-state index contributed by atoms with van der Waals surface area (Å²) >= 11 is 0. The lowest BCUT2D eigenvalue weighted by Crippen LogP contribution is -2.48. The van der Waals surface area contributed by atoms with Crippen molar-refractivity contribution in [1.29, 1.82) is 0 Å². The number of aryl methyl sites for hydroxylation is 1. The van der Waals surface area contributed by atoms with Gasteiger partial charge in [0.25, 0.3) is 0 Å². The summed E-state index contributed by atoms with van der Waals surface area (Å²) in [4.78, 5) is 2.22. The summed E-state index contributed by atoms with van der Waals surface area (Å²) in [5.41, 5.74) is 2.31. The number of anilines is 1. The Bertz CT molecular complexity index is 429. The molecule has 0 aromatic heterocycles. The Hall–Kier alpha value is -1.22. The third-order valence-corrected chi connectivity index (χ3v) is 4.00. The van der Waals surface area contributed by atoms with E-state index in [1.165, 1.54) is 5.56 Å². The number of piperidine rings is 1. The number of β-amino-alcohol motifs (C(OH)–C–C–N with tert-alkyl or cyclic N) is 1. The second kappa shape index (κ2) is 4.81. The minimum atomic E-state index is -0.295. The molecule has 1 aliphatic rings. The first kappa shape index (κ1) is 13.2. The van der Waals surface area contributed by atoms with Gasteiger partial charge in [0.15, 0.2) is 0 Å². The fraction of sp³-hybridized carbons (Fsp3) is 0.600. The molecule has 1 heterocycles. The van der Waals surface area contributed by atoms with Gasteiger partial charge in [-0.3, -0.25) is 0 Å². The number of rotatable bonds is 2. The lowest BCUT2D eigenvalue weighted by atomic mass is 9.80. The zero-order valence-corrected chi connectivity index (χ0v) is 11.7. The molecule has 3 nitrogen and oxygen atoms in total. The monoisotopic (exact) mass is 249 g/mol. The highest BCUT2D eigenvalue weighted by Gasteiger charge is 2.34. The Morgan fingerprint density at radius 3 is 2.72 bits per heavy atom. The Morgan fingerprint density at radius 2 is 2.11 bits per heavy atom. The van der Waals surface area contributed by atoms with Gasteiger partial charge < -0.3 is 14.7 Å². The summed E-state index contributed by atoms with van der Waals surface area (Å²) in [5, 5.41) is 10.2. The Kier molecular flexibility index (Phi) is 3.53. The van der Waals surface area contributed by atoms with Crippen molar-refractivity contribution in [2.75, 3.05) is 25.1 Å². The van der Waals surface area contributed by atoms with Gasteiger partial charge in [0.05, 0.1) is 18.9 Å². The van der Waals surface area contributed by atoms with E-state index < -0.39 is 0 Å². The van der Waals surface area contributed by atoms with Gasteiger partial charge in [-0.05, 0) is 36.5 Å². The van der Waals surface area contributed by atoms with Crippen LogP contribution in [0, 0.1) is 12.3 Å². The highest BCUT2D eigenvalue weighted by molar-refractivity contribution is 5.60. The molecule has 2 rings (SSSR count). The van der Waals surface area contributed by atoms with Crippen LogP contribution in [0.5, 0.6) is 5.75 Å². The smallest absolute Gasteiger partial charge is 0.142 e. The number of ether oxygens (including phenoxy) is 1. The SMILES string of the molecule is COc1ccc(C)cc1N1CCC(C)(C)C(O)C1. The molecule has 0 radical (unpaired) electrons. The molecule has 1 aromatic rings. The van der Waals surface area contributed by atoms with Gasteiger partial charge >= 0.3 is 0 Å². The second-order valence-electron chi connectivity index (χ2n) is 5.88. The van der Waals surface area contributed by atoms with Crippen molar-refractivity contribution in [3.05, 3.63) is 23.8 Å². The van der Waals surface area contributed by atoms with Crippen molar-refractivity contribution >= 4 is 5.69 Å². The van der Waals surface area contributed by atoms with Crippen molar-refractivity contribution in [3.8, 4) is 5.75 Å². The molecule has 0 amide bonds. The minimum absolute atomic E-state index is 0.00750. The van der Waals surface area contributed by atoms with Gasteiger partial charge in [-0.1, -0.05) is 19.9 Å². The van der Waals surface area contributed by atoms with E-state index in [1.807, 2.05) is 12.1 Å². The van der Waals surface area contributed by atoms with E-state index in [1.54, 1.807) is 7.11 Å². The predicted molar refractivity (Wildman–Crippen MR) is 74.3 cm³/mol. The molecule has 1 saturated heterocycles. The van der Waals surface area contributed by atoms with Crippen molar-refractivity contribution in [1.82, 2.24) is 0 Å². The highest BCUT2D eigenvalue weighted by atomic mass is 16.5. The molecule has 1 N–H and O–H groups in total. The zero-order chi connectivity index (χ0) is 13.3. The topological polar surface area (TPSA) is 32.7 Å². The molecule has 1 aromatic carbocycles. The molecule has 3 heteroatoms. The number of methoxy groups -OCH3 is 1. The van der Waals surface area contributed by atoms with Crippen molar-refractivity contribution < 1.29 is 9.84 Å². The van der Waals surface area contributed by atoms with E-state index in [4.69, 9.17) is 4.74 Å². The Morgan fingerprint density at radius 1 is 1.39 bits per heavy atom. The Labute approximate surface area is 109 Å². The van der Waals surface area contributed by atoms with Crippen molar-refractivity contribution in [2.45, 2.75) is 33.3 Å². The fourth-order valence-electron chi connectivity index (χ4n) is 2.40. The summed E-state index contributed by atoms with van der Waals surface area (Å²) < 4.78 is 5.42. The summed E-state index contributed by atoms with van der Waals surface area (Å²) in [6.07, 6.45) is 0.696. The van der Waals surface area contributed by atoms with Crippen LogP contribution in [0.2, 0.25) is 0 Å². The van der Waals surface area contributed by atoms with Crippen molar-refractivity contribution in [3.63, 3.8) is 0 Å². The first-order chi connectivity index (χ1) is 8.44. The number of hydrogen-bond donors (Lipinski definition) is 1. The minimum Gasteiger partial charge on any atom is -0.495 e. The maximum absolute atomic E-state index is 10.2. The van der Waals surface area contributed by atoms with E-state index in [-0.39, 0.29) is 11.5 Å². The third kappa shape index (κ3) is 2.46. The standard InChI is InChI=1S/C15H23NO2/c1-11-5-6-13(18-4)12(9-11)16-8-7-15(2,3)14(17)10-16/h5-6,9,14,17H,7-8,10H2,1-4H3. The number of nitrogens with zero attached hydrogens (tertiary/aromatic N) is 1. The summed E-state index contributed by atoms with van der Waals surface area (Å²) in [6.45, 7) is 7.97. The predicted octanol–water partition coefficient (Wildman–Crippen LogP) is 2.60. The van der Waals surface area contributed by atoms with Crippen LogP contribution in [0.4, 0.5) is 5.69 Å². The number of benzene rings is 1. The molecule has 1 aliphatic heterocycles. The van der Waals surface area contributed by atoms with E-state index in [0.29, 0.717) is 6.54 Å². The van der Waals surface area contributed by atoms with Crippen LogP contribution in [0.25, 0.3) is 0 Å². The molecule has 1 fully saturated rings. The van der Waals surface area contributed by atoms with Crippen LogP contribution in [-0.2, 0) is 0 Å². The van der Waals surface area contributed by atoms with Crippen LogP contribution >= 0.6 is 0 Å². The zero-order valence-electron chi connectivity index (χ0n) is 11.7. The van der Waals surface area contributed by atoms with Gasteiger partial charge in [-0.15, -0.1) is 0 Å². The molecule has 1 atom stereocenters. The van der Waals surface area contributed by atoms with E-state index in [9.17, 15) is 5.11 Å². The van der Waals surface area contributed by atoms with E-state index in [2.05, 4.69) is 31.7 Å². The average molecular weight is 249 g/mol. The molecule has 18 heavy (non-hydrogen) atoms. The van der Waals surface area contributed by atoms with Crippen molar-refractivity contribution in [2.24, 2.45) is 5.41 Å². The van der Waals surface area contributed by atoms with Crippen LogP contribution < -0.4 is 9.64 Å². The third-order valence-electron chi connectivity index (χ3n) is 4.00. The van der Waals surface area contributed by atoms with Crippen LogP contribution in [-0.4, -0.2) is 31.4 Å². The largest absolute Gasteiger partial charge is 0.495 e. The number of hydrogen-bond acceptors (Lipinski definition) is 3. The maximum Gasteiger partial charge on any atom is 0.142 e. The lowest BCUT2D eigenvalue weighted by molar-refractivity contribution is 0.0350. The summed E-state index contributed by atoms with van der Waals surface area (Å²) in [7, 11) is 1.69. The van der Waals surface area contributed by atoms with Crippen LogP contribution in [0.3, 0.4) is 0 Å². The van der Waals surface area contributed by atoms with Gasteiger partial charge in [-0.25, -0.2) is 0 Å².